The molecule has 8 heteroatoms. The standard InChI is InChI=1S/C27H25ClN4O2S/c28-21-9-7-19(8-10-21)16-32(12-11-20-14-29-24-6-2-1-5-23(20)24)17-26-31-25(18-35-26)27(33)30-15-22-4-3-13-34-22/h1-10,13-14,18,29H,11-12,15-17H2,(H,30,33). The molecule has 0 atom stereocenters. The van der Waals surface area contributed by atoms with E-state index in [0.717, 1.165) is 35.1 Å². The number of H-pyrrole nitrogens is 1. The zero-order chi connectivity index (χ0) is 24.0. The highest BCUT2D eigenvalue weighted by atomic mass is 35.5. The summed E-state index contributed by atoms with van der Waals surface area (Å²) in [7, 11) is 0. The van der Waals surface area contributed by atoms with Gasteiger partial charge in [-0.05, 0) is 47.9 Å². The molecule has 0 aliphatic rings. The summed E-state index contributed by atoms with van der Waals surface area (Å²) >= 11 is 7.59. The average Bonchev–Trinajstić information content (AvgIpc) is 3.64. The van der Waals surface area contributed by atoms with E-state index in [9.17, 15) is 4.79 Å². The number of benzene rings is 2. The normalized spacial score (nSPS) is 11.4. The number of nitrogens with one attached hydrogen (secondary N) is 2. The summed E-state index contributed by atoms with van der Waals surface area (Å²) in [6.45, 7) is 2.61. The van der Waals surface area contributed by atoms with Crippen LogP contribution < -0.4 is 5.32 Å². The summed E-state index contributed by atoms with van der Waals surface area (Å²) in [6.07, 6.45) is 4.59. The highest BCUT2D eigenvalue weighted by molar-refractivity contribution is 7.09. The average molecular weight is 505 g/mol. The Bertz CT molecular complexity index is 1390. The Morgan fingerprint density at radius 2 is 1.94 bits per heavy atom. The number of nitrogens with zero attached hydrogens (tertiary/aromatic N) is 2. The summed E-state index contributed by atoms with van der Waals surface area (Å²) < 4.78 is 5.28. The molecule has 5 aromatic rings. The van der Waals surface area contributed by atoms with Gasteiger partial charge < -0.3 is 14.7 Å². The van der Waals surface area contributed by atoms with Crippen molar-refractivity contribution in [2.75, 3.05) is 6.54 Å². The number of para-hydroxylation sites is 1. The number of halogens is 1. The Balaban J connectivity index is 1.27. The second-order valence-corrected chi connectivity index (χ2v) is 9.71. The third-order valence-corrected chi connectivity index (χ3v) is 6.92. The maximum absolute atomic E-state index is 12.5. The lowest BCUT2D eigenvalue weighted by Gasteiger charge is -2.21. The van der Waals surface area contributed by atoms with Gasteiger partial charge in [-0.15, -0.1) is 11.3 Å². The van der Waals surface area contributed by atoms with Gasteiger partial charge in [-0.3, -0.25) is 9.69 Å². The van der Waals surface area contributed by atoms with E-state index in [4.69, 9.17) is 16.0 Å². The Labute approximate surface area is 212 Å². The second kappa shape index (κ2) is 10.9. The molecule has 0 aliphatic heterocycles. The summed E-state index contributed by atoms with van der Waals surface area (Å²) in [6, 6.07) is 19.9. The highest BCUT2D eigenvalue weighted by Crippen LogP contribution is 2.21. The van der Waals surface area contributed by atoms with Crippen molar-refractivity contribution in [3.63, 3.8) is 0 Å². The first-order valence-corrected chi connectivity index (χ1v) is 12.7. The third-order valence-electron chi connectivity index (χ3n) is 5.84. The van der Waals surface area contributed by atoms with Crippen LogP contribution in [-0.2, 0) is 26.1 Å². The molecule has 0 saturated heterocycles. The van der Waals surface area contributed by atoms with Gasteiger partial charge in [0.2, 0.25) is 0 Å². The number of carbonyl (C=O) groups is 1. The minimum Gasteiger partial charge on any atom is -0.467 e. The van der Waals surface area contributed by atoms with Crippen molar-refractivity contribution in [1.29, 1.82) is 0 Å². The number of aromatic nitrogens is 2. The fraction of sp³-hybridized carbons (Fsp3) is 0.185. The van der Waals surface area contributed by atoms with E-state index in [-0.39, 0.29) is 5.91 Å². The number of hydrogen-bond donors (Lipinski definition) is 2. The SMILES string of the molecule is O=C(NCc1ccco1)c1csc(CN(CCc2c[nH]c3ccccc23)Cc2ccc(Cl)cc2)n1. The summed E-state index contributed by atoms with van der Waals surface area (Å²) in [4.78, 5) is 22.9. The summed E-state index contributed by atoms with van der Waals surface area (Å²) in [5.41, 5.74) is 4.05. The molecule has 1 amide bonds. The molecule has 3 aromatic heterocycles. The molecule has 5 rings (SSSR count). The van der Waals surface area contributed by atoms with Crippen LogP contribution in [0.3, 0.4) is 0 Å². The highest BCUT2D eigenvalue weighted by Gasteiger charge is 2.15. The molecule has 0 unspecified atom stereocenters. The van der Waals surface area contributed by atoms with Crippen molar-refractivity contribution in [2.24, 2.45) is 0 Å². The Hall–Kier alpha value is -3.39. The van der Waals surface area contributed by atoms with Gasteiger partial charge in [0.15, 0.2) is 0 Å². The molecule has 0 spiro atoms. The predicted octanol–water partition coefficient (Wildman–Crippen LogP) is 6.05. The van der Waals surface area contributed by atoms with E-state index < -0.39 is 0 Å². The fourth-order valence-corrected chi connectivity index (χ4v) is 4.97. The molecule has 3 heterocycles. The van der Waals surface area contributed by atoms with Crippen molar-refractivity contribution < 1.29 is 9.21 Å². The Morgan fingerprint density at radius 1 is 1.09 bits per heavy atom. The molecular weight excluding hydrogens is 480 g/mol. The Morgan fingerprint density at radius 3 is 2.77 bits per heavy atom. The lowest BCUT2D eigenvalue weighted by molar-refractivity contribution is 0.0943. The predicted molar refractivity (Wildman–Crippen MR) is 140 cm³/mol. The van der Waals surface area contributed by atoms with Crippen LogP contribution in [0, 0.1) is 0 Å². The zero-order valence-electron chi connectivity index (χ0n) is 19.0. The van der Waals surface area contributed by atoms with E-state index in [1.807, 2.05) is 29.6 Å². The van der Waals surface area contributed by atoms with Gasteiger partial charge in [0.25, 0.3) is 5.91 Å². The lowest BCUT2D eigenvalue weighted by Crippen LogP contribution is -2.26. The van der Waals surface area contributed by atoms with Crippen LogP contribution in [0.4, 0.5) is 0 Å². The summed E-state index contributed by atoms with van der Waals surface area (Å²) in [5.74, 6) is 0.507. The number of aromatic amines is 1. The lowest BCUT2D eigenvalue weighted by atomic mass is 10.1. The number of furan rings is 1. The fourth-order valence-electron chi connectivity index (χ4n) is 4.03. The number of amides is 1. The van der Waals surface area contributed by atoms with Gasteiger partial charge in [0, 0.05) is 40.6 Å². The minimum absolute atomic E-state index is 0.202. The zero-order valence-corrected chi connectivity index (χ0v) is 20.6. The van der Waals surface area contributed by atoms with Gasteiger partial charge in [-0.2, -0.15) is 0 Å². The van der Waals surface area contributed by atoms with Crippen molar-refractivity contribution >= 4 is 39.7 Å². The molecular formula is C27H25ClN4O2S. The first-order chi connectivity index (χ1) is 17.1. The molecule has 0 radical (unpaired) electrons. The minimum atomic E-state index is -0.202. The maximum atomic E-state index is 12.5. The molecule has 0 saturated carbocycles. The van der Waals surface area contributed by atoms with E-state index >= 15 is 0 Å². The topological polar surface area (TPSA) is 74.2 Å². The molecule has 35 heavy (non-hydrogen) atoms. The molecule has 178 valence electrons. The molecule has 0 fully saturated rings. The van der Waals surface area contributed by atoms with Gasteiger partial charge in [-0.1, -0.05) is 41.9 Å². The maximum Gasteiger partial charge on any atom is 0.271 e. The largest absolute Gasteiger partial charge is 0.467 e. The molecule has 0 bridgehead atoms. The van der Waals surface area contributed by atoms with Crippen molar-refractivity contribution in [3.8, 4) is 0 Å². The first-order valence-electron chi connectivity index (χ1n) is 11.4. The second-order valence-electron chi connectivity index (χ2n) is 8.34. The third kappa shape index (κ3) is 6.00. The van der Waals surface area contributed by atoms with Crippen LogP contribution in [0.5, 0.6) is 0 Å². The van der Waals surface area contributed by atoms with Crippen LogP contribution in [0.2, 0.25) is 5.02 Å². The number of carbonyl (C=O) groups excluding carboxylic acids is 1. The van der Waals surface area contributed by atoms with Gasteiger partial charge >= 0.3 is 0 Å². The molecule has 0 aliphatic carbocycles. The van der Waals surface area contributed by atoms with E-state index in [1.54, 1.807) is 12.3 Å². The smallest absolute Gasteiger partial charge is 0.271 e. The van der Waals surface area contributed by atoms with Crippen LogP contribution in [0.1, 0.15) is 32.4 Å². The molecule has 2 aromatic carbocycles. The van der Waals surface area contributed by atoms with Crippen molar-refractivity contribution in [2.45, 2.75) is 26.1 Å². The number of rotatable bonds is 10. The number of fused-ring (bicyclic) bond motifs is 1. The van der Waals surface area contributed by atoms with E-state index in [0.29, 0.717) is 24.5 Å². The number of hydrogen-bond acceptors (Lipinski definition) is 5. The van der Waals surface area contributed by atoms with Gasteiger partial charge in [-0.25, -0.2) is 4.98 Å². The quantitative estimate of drug-likeness (QED) is 0.243. The Kier molecular flexibility index (Phi) is 7.28. The van der Waals surface area contributed by atoms with Crippen LogP contribution >= 0.6 is 22.9 Å². The first kappa shape index (κ1) is 23.4. The van der Waals surface area contributed by atoms with Crippen LogP contribution in [0.25, 0.3) is 10.9 Å². The van der Waals surface area contributed by atoms with Crippen molar-refractivity contribution in [3.05, 3.63) is 111 Å². The van der Waals surface area contributed by atoms with Crippen molar-refractivity contribution in [1.82, 2.24) is 20.2 Å². The van der Waals surface area contributed by atoms with Gasteiger partial charge in [0.1, 0.15) is 16.5 Å². The molecule has 6 nitrogen and oxygen atoms in total. The molecule has 2 N–H and O–H groups in total. The van der Waals surface area contributed by atoms with E-state index in [1.165, 1.54) is 27.8 Å². The van der Waals surface area contributed by atoms with Gasteiger partial charge in [0.05, 0.1) is 19.4 Å². The van der Waals surface area contributed by atoms with Crippen LogP contribution in [-0.4, -0.2) is 27.3 Å². The van der Waals surface area contributed by atoms with E-state index in [2.05, 4.69) is 56.7 Å². The summed E-state index contributed by atoms with van der Waals surface area (Å²) in [5, 5.41) is 7.55. The monoisotopic (exact) mass is 504 g/mol. The number of thiazole rings is 1. The van der Waals surface area contributed by atoms with Crippen LogP contribution in [0.15, 0.2) is 82.9 Å².